The Morgan fingerprint density at radius 1 is 1.16 bits per heavy atom. The van der Waals surface area contributed by atoms with Crippen LogP contribution >= 0.6 is 0 Å². The van der Waals surface area contributed by atoms with Gasteiger partial charge in [0.15, 0.2) is 11.6 Å². The molecule has 0 aliphatic rings. The SMILES string of the molecule is CCN(C)[C@@H](CO)C(=O)N[C@@H](Cc1ccc(F)c(F)c1)C(=O)NCc1ccc(N)nc1. The van der Waals surface area contributed by atoms with E-state index >= 15 is 0 Å². The van der Waals surface area contributed by atoms with E-state index in [1.807, 2.05) is 6.92 Å². The highest BCUT2D eigenvalue weighted by atomic mass is 19.2. The number of aliphatic hydroxyl groups excluding tert-OH is 1. The van der Waals surface area contributed by atoms with Gasteiger partial charge < -0.3 is 21.5 Å². The van der Waals surface area contributed by atoms with Crippen molar-refractivity contribution in [1.29, 1.82) is 0 Å². The minimum Gasteiger partial charge on any atom is -0.394 e. The zero-order valence-electron chi connectivity index (χ0n) is 17.4. The second kappa shape index (κ2) is 11.3. The molecule has 0 bridgehead atoms. The summed E-state index contributed by atoms with van der Waals surface area (Å²) in [5, 5.41) is 14.9. The average Bonchev–Trinajstić information content (AvgIpc) is 2.75. The van der Waals surface area contributed by atoms with Crippen molar-refractivity contribution in [3.05, 3.63) is 59.3 Å². The monoisotopic (exact) mass is 435 g/mol. The van der Waals surface area contributed by atoms with Gasteiger partial charge in [0.05, 0.1) is 6.61 Å². The first-order valence-electron chi connectivity index (χ1n) is 9.78. The van der Waals surface area contributed by atoms with Crippen LogP contribution in [0.5, 0.6) is 0 Å². The molecule has 1 aromatic heterocycles. The molecule has 0 radical (unpaired) electrons. The van der Waals surface area contributed by atoms with Crippen molar-refractivity contribution >= 4 is 17.6 Å². The number of benzene rings is 1. The normalized spacial score (nSPS) is 13.0. The largest absolute Gasteiger partial charge is 0.394 e. The Kier molecular flexibility index (Phi) is 8.83. The van der Waals surface area contributed by atoms with Crippen molar-refractivity contribution in [2.75, 3.05) is 25.9 Å². The van der Waals surface area contributed by atoms with Crippen molar-refractivity contribution in [3.8, 4) is 0 Å². The number of hydrogen-bond acceptors (Lipinski definition) is 6. The Bertz CT molecular complexity index is 895. The van der Waals surface area contributed by atoms with Crippen LogP contribution in [0.4, 0.5) is 14.6 Å². The molecule has 8 nitrogen and oxygen atoms in total. The number of pyridine rings is 1. The molecule has 5 N–H and O–H groups in total. The predicted octanol–water partition coefficient (Wildman–Crippen LogP) is 0.598. The van der Waals surface area contributed by atoms with Crippen LogP contribution in [0.15, 0.2) is 36.5 Å². The van der Waals surface area contributed by atoms with Crippen LogP contribution in [0.25, 0.3) is 0 Å². The third-order valence-electron chi connectivity index (χ3n) is 4.88. The molecule has 0 aliphatic carbocycles. The third kappa shape index (κ3) is 6.97. The van der Waals surface area contributed by atoms with Gasteiger partial charge in [0.25, 0.3) is 0 Å². The second-order valence-electron chi connectivity index (χ2n) is 7.09. The van der Waals surface area contributed by atoms with E-state index in [9.17, 15) is 23.5 Å². The second-order valence-corrected chi connectivity index (χ2v) is 7.09. The Labute approximate surface area is 179 Å². The van der Waals surface area contributed by atoms with Gasteiger partial charge in [-0.1, -0.05) is 19.1 Å². The Balaban J connectivity index is 2.16. The number of carbonyl (C=O) groups excluding carboxylic acids is 2. The first-order chi connectivity index (χ1) is 14.7. The summed E-state index contributed by atoms with van der Waals surface area (Å²) >= 11 is 0. The maximum atomic E-state index is 13.6. The topological polar surface area (TPSA) is 121 Å². The Morgan fingerprint density at radius 2 is 1.87 bits per heavy atom. The number of anilines is 1. The number of rotatable bonds is 10. The average molecular weight is 435 g/mol. The number of hydrogen-bond donors (Lipinski definition) is 4. The van der Waals surface area contributed by atoms with E-state index in [4.69, 9.17) is 5.73 Å². The molecule has 2 rings (SSSR count). The first-order valence-corrected chi connectivity index (χ1v) is 9.78. The van der Waals surface area contributed by atoms with Crippen LogP contribution in [0.3, 0.4) is 0 Å². The number of halogens is 2. The third-order valence-corrected chi connectivity index (χ3v) is 4.88. The Hall–Kier alpha value is -3.11. The van der Waals surface area contributed by atoms with Crippen molar-refractivity contribution in [2.45, 2.75) is 32.0 Å². The van der Waals surface area contributed by atoms with Gasteiger partial charge in [-0.15, -0.1) is 0 Å². The maximum absolute atomic E-state index is 13.6. The zero-order valence-corrected chi connectivity index (χ0v) is 17.4. The molecule has 31 heavy (non-hydrogen) atoms. The van der Waals surface area contributed by atoms with Crippen molar-refractivity contribution in [3.63, 3.8) is 0 Å². The number of likely N-dealkylation sites (N-methyl/N-ethyl adjacent to an activating group) is 1. The van der Waals surface area contributed by atoms with Crippen LogP contribution in [-0.2, 0) is 22.6 Å². The fourth-order valence-corrected chi connectivity index (χ4v) is 2.88. The van der Waals surface area contributed by atoms with Gasteiger partial charge in [-0.25, -0.2) is 13.8 Å². The van der Waals surface area contributed by atoms with Gasteiger partial charge in [0.1, 0.15) is 17.9 Å². The summed E-state index contributed by atoms with van der Waals surface area (Å²) in [6.45, 7) is 2.02. The van der Waals surface area contributed by atoms with Crippen molar-refractivity contribution in [2.24, 2.45) is 0 Å². The molecule has 2 amide bonds. The summed E-state index contributed by atoms with van der Waals surface area (Å²) in [5.41, 5.74) is 6.57. The minimum absolute atomic E-state index is 0.0667. The molecule has 1 aromatic carbocycles. The quantitative estimate of drug-likeness (QED) is 0.434. The molecule has 0 unspecified atom stereocenters. The van der Waals surface area contributed by atoms with Crippen LogP contribution in [0.1, 0.15) is 18.1 Å². The van der Waals surface area contributed by atoms with E-state index < -0.39 is 42.1 Å². The summed E-state index contributed by atoms with van der Waals surface area (Å²) in [6, 6.07) is 4.65. The van der Waals surface area contributed by atoms with Gasteiger partial charge >= 0.3 is 0 Å². The van der Waals surface area contributed by atoms with Gasteiger partial charge in [0, 0.05) is 19.2 Å². The lowest BCUT2D eigenvalue weighted by molar-refractivity contribution is -0.132. The Morgan fingerprint density at radius 3 is 2.45 bits per heavy atom. The lowest BCUT2D eigenvalue weighted by Gasteiger charge is -2.27. The number of aliphatic hydroxyl groups is 1. The van der Waals surface area contributed by atoms with Gasteiger partial charge in [-0.3, -0.25) is 14.5 Å². The van der Waals surface area contributed by atoms with Crippen LogP contribution < -0.4 is 16.4 Å². The highest BCUT2D eigenvalue weighted by Crippen LogP contribution is 2.12. The van der Waals surface area contributed by atoms with Crippen LogP contribution in [0, 0.1) is 11.6 Å². The molecule has 1 heterocycles. The number of nitrogens with one attached hydrogen (secondary N) is 2. The molecule has 0 fully saturated rings. The number of aromatic nitrogens is 1. The van der Waals surface area contributed by atoms with Crippen molar-refractivity contribution < 1.29 is 23.5 Å². The van der Waals surface area contributed by atoms with Crippen LogP contribution in [0.2, 0.25) is 0 Å². The number of amides is 2. The number of nitrogen functional groups attached to an aromatic ring is 1. The molecule has 10 heteroatoms. The molecular weight excluding hydrogens is 408 g/mol. The summed E-state index contributed by atoms with van der Waals surface area (Å²) < 4.78 is 26.9. The fourth-order valence-electron chi connectivity index (χ4n) is 2.88. The number of carbonyl (C=O) groups is 2. The molecule has 0 spiro atoms. The first kappa shape index (κ1) is 24.2. The van der Waals surface area contributed by atoms with Gasteiger partial charge in [-0.05, 0) is 42.9 Å². The van der Waals surface area contributed by atoms with Crippen molar-refractivity contribution in [1.82, 2.24) is 20.5 Å². The van der Waals surface area contributed by atoms with Crippen LogP contribution in [-0.4, -0.2) is 59.1 Å². The van der Waals surface area contributed by atoms with Gasteiger partial charge in [0.2, 0.25) is 11.8 Å². The number of nitrogens with two attached hydrogens (primary N) is 1. The van der Waals surface area contributed by atoms with E-state index in [1.165, 1.54) is 12.3 Å². The molecule has 0 saturated heterocycles. The summed E-state index contributed by atoms with van der Waals surface area (Å²) in [7, 11) is 1.67. The van der Waals surface area contributed by atoms with E-state index in [2.05, 4.69) is 15.6 Å². The van der Waals surface area contributed by atoms with E-state index in [0.717, 1.165) is 12.1 Å². The van der Waals surface area contributed by atoms with E-state index in [1.54, 1.807) is 24.1 Å². The molecule has 2 atom stereocenters. The fraction of sp³-hybridized carbons (Fsp3) is 0.381. The molecule has 0 saturated carbocycles. The lowest BCUT2D eigenvalue weighted by Crippen LogP contribution is -2.54. The molecular formula is C21H27F2N5O3. The minimum atomic E-state index is -1.07. The highest BCUT2D eigenvalue weighted by Gasteiger charge is 2.27. The smallest absolute Gasteiger partial charge is 0.243 e. The standard InChI is InChI=1S/C21H27F2N5O3/c1-3-28(2)18(12-29)21(31)27-17(9-13-4-6-15(22)16(23)8-13)20(30)26-11-14-5-7-19(24)25-10-14/h4-8,10,17-18,29H,3,9,11-12H2,1-2H3,(H2,24,25)(H,26,30)(H,27,31)/t17-,18-/m0/s1. The molecule has 0 aliphatic heterocycles. The van der Waals surface area contributed by atoms with E-state index in [-0.39, 0.29) is 13.0 Å². The summed E-state index contributed by atoms with van der Waals surface area (Å²) in [4.78, 5) is 31.0. The summed E-state index contributed by atoms with van der Waals surface area (Å²) in [5.74, 6) is -2.78. The van der Waals surface area contributed by atoms with Gasteiger partial charge in [-0.2, -0.15) is 0 Å². The molecule has 168 valence electrons. The maximum Gasteiger partial charge on any atom is 0.243 e. The van der Waals surface area contributed by atoms with E-state index in [0.29, 0.717) is 23.5 Å². The molecule has 2 aromatic rings. The summed E-state index contributed by atoms with van der Waals surface area (Å²) in [6.07, 6.45) is 1.44. The zero-order chi connectivity index (χ0) is 23.0. The number of nitrogens with zero attached hydrogens (tertiary/aromatic N) is 2. The predicted molar refractivity (Wildman–Crippen MR) is 112 cm³/mol. The highest BCUT2D eigenvalue weighted by molar-refractivity contribution is 5.90. The lowest BCUT2D eigenvalue weighted by atomic mass is 10.0.